The molecule has 1 aromatic rings. The van der Waals surface area contributed by atoms with Crippen LogP contribution in [0, 0.1) is 0 Å². The van der Waals surface area contributed by atoms with Crippen molar-refractivity contribution in [2.24, 2.45) is 0 Å². The highest BCUT2D eigenvalue weighted by Gasteiger charge is 2.31. The summed E-state index contributed by atoms with van der Waals surface area (Å²) < 4.78 is 10.2. The van der Waals surface area contributed by atoms with Crippen LogP contribution >= 0.6 is 0 Å². The van der Waals surface area contributed by atoms with Gasteiger partial charge in [-0.25, -0.2) is 4.79 Å². The molecule has 1 fully saturated rings. The lowest BCUT2D eigenvalue weighted by Gasteiger charge is -2.11. The molecule has 8 heteroatoms. The minimum absolute atomic E-state index is 0.147. The van der Waals surface area contributed by atoms with Crippen LogP contribution in [0.1, 0.15) is 6.42 Å². The zero-order valence-corrected chi connectivity index (χ0v) is 11.6. The van der Waals surface area contributed by atoms with Crippen molar-refractivity contribution in [3.05, 3.63) is 18.2 Å². The van der Waals surface area contributed by atoms with Gasteiger partial charge in [-0.2, -0.15) is 0 Å². The zero-order chi connectivity index (χ0) is 15.4. The molecule has 1 atom stereocenters. The average Bonchev–Trinajstić information content (AvgIpc) is 2.76. The summed E-state index contributed by atoms with van der Waals surface area (Å²) in [5, 5.41) is 7.04. The lowest BCUT2D eigenvalue weighted by molar-refractivity contribution is -0.124. The third-order valence-corrected chi connectivity index (χ3v) is 2.92. The Morgan fingerprint density at radius 1 is 1.24 bits per heavy atom. The zero-order valence-electron chi connectivity index (χ0n) is 11.6. The molecule has 0 aliphatic carbocycles. The number of rotatable bonds is 5. The molecule has 8 nitrogen and oxygen atoms in total. The smallest absolute Gasteiger partial charge is 0.322 e. The minimum atomic E-state index is -0.849. The molecule has 1 heterocycles. The molecule has 1 aromatic carbocycles. The van der Waals surface area contributed by atoms with Gasteiger partial charge < -0.3 is 20.1 Å². The molecule has 1 unspecified atom stereocenters. The first-order valence-corrected chi connectivity index (χ1v) is 6.16. The van der Waals surface area contributed by atoms with E-state index in [4.69, 9.17) is 9.47 Å². The Morgan fingerprint density at radius 3 is 2.52 bits per heavy atom. The van der Waals surface area contributed by atoms with Crippen LogP contribution in [-0.4, -0.2) is 38.1 Å². The van der Waals surface area contributed by atoms with Gasteiger partial charge in [0.15, 0.2) is 11.5 Å². The minimum Gasteiger partial charge on any atom is -0.493 e. The summed E-state index contributed by atoms with van der Waals surface area (Å²) in [4.78, 5) is 34.2. The van der Waals surface area contributed by atoms with Crippen molar-refractivity contribution in [2.75, 3.05) is 19.5 Å². The second kappa shape index (κ2) is 6.12. The third-order valence-electron chi connectivity index (χ3n) is 2.92. The quantitative estimate of drug-likeness (QED) is 0.674. The van der Waals surface area contributed by atoms with E-state index < -0.39 is 23.9 Å². The predicted molar refractivity (Wildman–Crippen MR) is 73.3 cm³/mol. The van der Waals surface area contributed by atoms with Crippen molar-refractivity contribution >= 4 is 23.5 Å². The lowest BCUT2D eigenvalue weighted by atomic mass is 10.2. The number of urea groups is 1. The van der Waals surface area contributed by atoms with Crippen molar-refractivity contribution in [1.29, 1.82) is 0 Å². The molecule has 0 radical (unpaired) electrons. The molecule has 0 saturated carbocycles. The van der Waals surface area contributed by atoms with Crippen LogP contribution in [0.25, 0.3) is 0 Å². The summed E-state index contributed by atoms with van der Waals surface area (Å²) in [6.45, 7) is 0. The number of anilines is 1. The van der Waals surface area contributed by atoms with Crippen LogP contribution < -0.4 is 25.4 Å². The van der Waals surface area contributed by atoms with Crippen LogP contribution in [0.3, 0.4) is 0 Å². The maximum absolute atomic E-state index is 11.9. The number of nitrogens with one attached hydrogen (secondary N) is 3. The molecule has 0 aromatic heterocycles. The van der Waals surface area contributed by atoms with Gasteiger partial charge in [0.2, 0.25) is 5.91 Å². The van der Waals surface area contributed by atoms with Gasteiger partial charge in [0.1, 0.15) is 6.04 Å². The second-order valence-electron chi connectivity index (χ2n) is 4.34. The molecule has 2 rings (SSSR count). The van der Waals surface area contributed by atoms with Crippen molar-refractivity contribution < 1.29 is 23.9 Å². The van der Waals surface area contributed by atoms with E-state index in [1.807, 2.05) is 0 Å². The van der Waals surface area contributed by atoms with Crippen LogP contribution in [0.2, 0.25) is 0 Å². The Kier molecular flexibility index (Phi) is 4.27. The molecule has 4 amide bonds. The first-order chi connectivity index (χ1) is 10.0. The van der Waals surface area contributed by atoms with Gasteiger partial charge in [-0.1, -0.05) is 0 Å². The van der Waals surface area contributed by atoms with Gasteiger partial charge in [0, 0.05) is 11.8 Å². The highest BCUT2D eigenvalue weighted by molar-refractivity contribution is 6.06. The average molecular weight is 293 g/mol. The van der Waals surface area contributed by atoms with Gasteiger partial charge in [0.05, 0.1) is 20.6 Å². The topological polar surface area (TPSA) is 106 Å². The number of hydrogen-bond donors (Lipinski definition) is 3. The summed E-state index contributed by atoms with van der Waals surface area (Å²) in [6.07, 6.45) is -0.147. The maximum Gasteiger partial charge on any atom is 0.322 e. The van der Waals surface area contributed by atoms with E-state index in [0.717, 1.165) is 0 Å². The molecule has 1 aliphatic rings. The normalized spacial score (nSPS) is 17.0. The van der Waals surface area contributed by atoms with E-state index in [1.54, 1.807) is 18.2 Å². The van der Waals surface area contributed by atoms with E-state index in [2.05, 4.69) is 16.0 Å². The van der Waals surface area contributed by atoms with Crippen LogP contribution in [-0.2, 0) is 9.59 Å². The molecule has 3 N–H and O–H groups in total. The summed E-state index contributed by atoms with van der Waals surface area (Å²) in [7, 11) is 3.00. The summed E-state index contributed by atoms with van der Waals surface area (Å²) in [5.74, 6) is 0.104. The number of hydrogen-bond acceptors (Lipinski definition) is 5. The summed E-state index contributed by atoms with van der Waals surface area (Å²) in [6, 6.07) is 3.45. The molecule has 1 saturated heterocycles. The van der Waals surface area contributed by atoms with E-state index in [-0.39, 0.29) is 6.42 Å². The van der Waals surface area contributed by atoms with Crippen molar-refractivity contribution in [2.45, 2.75) is 12.5 Å². The van der Waals surface area contributed by atoms with Gasteiger partial charge in [-0.15, -0.1) is 0 Å². The first-order valence-electron chi connectivity index (χ1n) is 6.16. The standard InChI is InChI=1S/C13H15N3O5/c1-20-9-4-3-7(5-10(9)21-2)14-11(17)6-8-12(18)16-13(19)15-8/h3-5,8H,6H2,1-2H3,(H,14,17)(H2,15,16,18,19). The highest BCUT2D eigenvalue weighted by Crippen LogP contribution is 2.29. The SMILES string of the molecule is COc1ccc(NC(=O)CC2NC(=O)NC2=O)cc1OC. The molecule has 0 bridgehead atoms. The summed E-state index contributed by atoms with van der Waals surface area (Å²) in [5.41, 5.74) is 0.502. The number of benzene rings is 1. The highest BCUT2D eigenvalue weighted by atomic mass is 16.5. The fourth-order valence-corrected chi connectivity index (χ4v) is 1.91. The van der Waals surface area contributed by atoms with Gasteiger partial charge in [0.25, 0.3) is 5.91 Å². The van der Waals surface area contributed by atoms with Crippen LogP contribution in [0.5, 0.6) is 11.5 Å². The monoisotopic (exact) mass is 293 g/mol. The first kappa shape index (κ1) is 14.6. The Labute approximate surface area is 120 Å². The predicted octanol–water partition coefficient (Wildman–Crippen LogP) is 0.240. The number of carbonyl (C=O) groups is 3. The van der Waals surface area contributed by atoms with E-state index >= 15 is 0 Å². The van der Waals surface area contributed by atoms with Gasteiger partial charge in [-0.3, -0.25) is 14.9 Å². The fraction of sp³-hybridized carbons (Fsp3) is 0.308. The van der Waals surface area contributed by atoms with Crippen LogP contribution in [0.15, 0.2) is 18.2 Å². The van der Waals surface area contributed by atoms with Crippen molar-refractivity contribution in [1.82, 2.24) is 10.6 Å². The molecule has 21 heavy (non-hydrogen) atoms. The molecule has 1 aliphatic heterocycles. The third kappa shape index (κ3) is 3.41. The Bertz CT molecular complexity index is 587. The second-order valence-corrected chi connectivity index (χ2v) is 4.34. The number of carbonyl (C=O) groups excluding carboxylic acids is 3. The van der Waals surface area contributed by atoms with Gasteiger partial charge in [-0.05, 0) is 12.1 Å². The molecule has 112 valence electrons. The molecule has 0 spiro atoms. The van der Waals surface area contributed by atoms with E-state index in [0.29, 0.717) is 17.2 Å². The maximum atomic E-state index is 11.9. The van der Waals surface area contributed by atoms with Crippen molar-refractivity contribution in [3.63, 3.8) is 0 Å². The van der Waals surface area contributed by atoms with Crippen molar-refractivity contribution in [3.8, 4) is 11.5 Å². The molecular formula is C13H15N3O5. The van der Waals surface area contributed by atoms with E-state index in [1.165, 1.54) is 14.2 Å². The molecular weight excluding hydrogens is 278 g/mol. The lowest BCUT2D eigenvalue weighted by Crippen LogP contribution is -2.33. The van der Waals surface area contributed by atoms with E-state index in [9.17, 15) is 14.4 Å². The van der Waals surface area contributed by atoms with Gasteiger partial charge >= 0.3 is 6.03 Å². The number of ether oxygens (including phenoxy) is 2. The summed E-state index contributed by atoms with van der Waals surface area (Å²) >= 11 is 0. The fourth-order valence-electron chi connectivity index (χ4n) is 1.91. The Morgan fingerprint density at radius 2 is 1.95 bits per heavy atom. The Balaban J connectivity index is 1.99. The number of methoxy groups -OCH3 is 2. The number of imide groups is 1. The number of amides is 4. The van der Waals surface area contributed by atoms with Crippen LogP contribution in [0.4, 0.5) is 10.5 Å². The largest absolute Gasteiger partial charge is 0.493 e. The Hall–Kier alpha value is -2.77.